The molecule has 0 fully saturated rings. The first-order valence-electron chi connectivity index (χ1n) is 13.8. The average molecular weight is 671 g/mol. The van der Waals surface area contributed by atoms with Gasteiger partial charge in [0.25, 0.3) is 5.91 Å². The van der Waals surface area contributed by atoms with Crippen molar-refractivity contribution in [3.8, 4) is 11.5 Å². The van der Waals surface area contributed by atoms with E-state index >= 15 is 0 Å². The predicted octanol–water partition coefficient (Wildman–Crippen LogP) is 6.83. The molecule has 0 unspecified atom stereocenters. The van der Waals surface area contributed by atoms with E-state index in [2.05, 4.69) is 15.0 Å². The van der Waals surface area contributed by atoms with Crippen molar-refractivity contribution in [2.24, 2.45) is 0 Å². The van der Waals surface area contributed by atoms with Gasteiger partial charge in [-0.1, -0.05) is 48.3 Å². The number of alkyl halides is 2. The summed E-state index contributed by atoms with van der Waals surface area (Å²) in [6.07, 6.45) is 3.45. The fourth-order valence-electron chi connectivity index (χ4n) is 4.24. The van der Waals surface area contributed by atoms with Gasteiger partial charge in [-0.25, -0.2) is 4.79 Å². The van der Waals surface area contributed by atoms with Crippen LogP contribution in [-0.4, -0.2) is 67.2 Å². The summed E-state index contributed by atoms with van der Waals surface area (Å²) in [5.74, 6) is -0.0463. The molecular weight excluding hydrogens is 635 g/mol. The standard InChI is InChI=1S/C31H35Cl2F2N3O5S/c1-5-13-44-28(37-12-11-19-7-6-8-21(14-19)29(39)38(2)3)30(40)42-26(16-22-23(32)17-36-18-24(22)33)20-9-10-25(43-31(34)35)27(15-20)41-4/h6-10,14-15,17-18,26,28,31,37H,5,11-13,16H2,1-4H3/t26-,28-/m0/s1. The molecule has 0 aliphatic rings. The van der Waals surface area contributed by atoms with E-state index in [1.165, 1.54) is 54.4 Å². The van der Waals surface area contributed by atoms with Crippen LogP contribution in [0.4, 0.5) is 8.78 Å². The number of halogens is 4. The normalized spacial score (nSPS) is 12.5. The second-order valence-electron chi connectivity index (χ2n) is 9.86. The van der Waals surface area contributed by atoms with Crippen molar-refractivity contribution < 1.29 is 32.6 Å². The maximum atomic E-state index is 13.6. The van der Waals surface area contributed by atoms with Gasteiger partial charge in [0.1, 0.15) is 6.10 Å². The summed E-state index contributed by atoms with van der Waals surface area (Å²) >= 11 is 14.2. The van der Waals surface area contributed by atoms with Gasteiger partial charge in [0.2, 0.25) is 0 Å². The average Bonchev–Trinajstić information content (AvgIpc) is 2.99. The third-order valence-electron chi connectivity index (χ3n) is 6.40. The van der Waals surface area contributed by atoms with Crippen molar-refractivity contribution in [1.82, 2.24) is 15.2 Å². The Morgan fingerprint density at radius 1 is 1.07 bits per heavy atom. The van der Waals surface area contributed by atoms with Gasteiger partial charge >= 0.3 is 12.6 Å². The molecule has 2 atom stereocenters. The smallest absolute Gasteiger partial charge is 0.387 e. The van der Waals surface area contributed by atoms with Gasteiger partial charge in [-0.05, 0) is 59.6 Å². The number of rotatable bonds is 16. The van der Waals surface area contributed by atoms with Gasteiger partial charge in [0, 0.05) is 45.0 Å². The minimum atomic E-state index is -3.05. The summed E-state index contributed by atoms with van der Waals surface area (Å²) in [5.41, 5.74) is 2.49. The van der Waals surface area contributed by atoms with Gasteiger partial charge < -0.3 is 19.1 Å². The highest BCUT2D eigenvalue weighted by atomic mass is 35.5. The third kappa shape index (κ3) is 10.2. The van der Waals surface area contributed by atoms with Crippen LogP contribution in [0.1, 0.15) is 46.5 Å². The zero-order chi connectivity index (χ0) is 32.2. The SMILES string of the molecule is CCCS[C@H](NCCc1cccc(C(=O)N(C)C)c1)C(=O)O[C@@H](Cc1c(Cl)cncc1Cl)c1ccc(OC(F)F)c(OC)c1. The van der Waals surface area contributed by atoms with Crippen molar-refractivity contribution in [3.05, 3.63) is 87.2 Å². The van der Waals surface area contributed by atoms with Gasteiger partial charge in [-0.2, -0.15) is 8.78 Å². The van der Waals surface area contributed by atoms with E-state index in [0.29, 0.717) is 35.4 Å². The van der Waals surface area contributed by atoms with Crippen LogP contribution in [0.2, 0.25) is 10.0 Å². The molecule has 0 bridgehead atoms. The molecule has 1 heterocycles. The molecule has 0 aliphatic carbocycles. The molecule has 1 N–H and O–H groups in total. The molecule has 2 aromatic carbocycles. The highest BCUT2D eigenvalue weighted by Crippen LogP contribution is 2.36. The van der Waals surface area contributed by atoms with Crippen molar-refractivity contribution >= 4 is 46.8 Å². The van der Waals surface area contributed by atoms with Crippen LogP contribution in [0.5, 0.6) is 11.5 Å². The number of carbonyl (C=O) groups is 2. The Balaban J connectivity index is 1.83. The number of pyridine rings is 1. The molecule has 0 saturated carbocycles. The molecule has 0 aliphatic heterocycles. The maximum absolute atomic E-state index is 13.6. The monoisotopic (exact) mass is 669 g/mol. The Kier molecular flexibility index (Phi) is 14.0. The lowest BCUT2D eigenvalue weighted by Gasteiger charge is -2.24. The number of hydrogen-bond donors (Lipinski definition) is 1. The second kappa shape index (κ2) is 17.4. The maximum Gasteiger partial charge on any atom is 0.387 e. The topological polar surface area (TPSA) is 90.0 Å². The molecule has 3 rings (SSSR count). The Morgan fingerprint density at radius 2 is 1.80 bits per heavy atom. The first kappa shape index (κ1) is 35.4. The summed E-state index contributed by atoms with van der Waals surface area (Å²) in [6.45, 7) is -0.596. The van der Waals surface area contributed by atoms with Crippen LogP contribution >= 0.6 is 35.0 Å². The molecular formula is C31H35Cl2F2N3O5S. The first-order valence-corrected chi connectivity index (χ1v) is 15.6. The van der Waals surface area contributed by atoms with Crippen molar-refractivity contribution in [2.75, 3.05) is 33.5 Å². The Bertz CT molecular complexity index is 1400. The van der Waals surface area contributed by atoms with Crippen LogP contribution in [0.15, 0.2) is 54.9 Å². The molecule has 1 amide bonds. The number of carbonyl (C=O) groups excluding carboxylic acids is 2. The molecule has 3 aromatic rings. The highest BCUT2D eigenvalue weighted by molar-refractivity contribution is 8.00. The molecule has 0 radical (unpaired) electrons. The van der Waals surface area contributed by atoms with Crippen LogP contribution < -0.4 is 14.8 Å². The zero-order valence-electron chi connectivity index (χ0n) is 24.8. The minimum absolute atomic E-state index is 0.0424. The molecule has 13 heteroatoms. The van der Waals surface area contributed by atoms with Gasteiger partial charge in [0.05, 0.1) is 17.2 Å². The third-order valence-corrected chi connectivity index (χ3v) is 8.39. The minimum Gasteiger partial charge on any atom is -0.493 e. The number of benzene rings is 2. The number of thioether (sulfide) groups is 1. The lowest BCUT2D eigenvalue weighted by atomic mass is 10.0. The van der Waals surface area contributed by atoms with Crippen LogP contribution in [-0.2, 0) is 22.4 Å². The Hall–Kier alpha value is -3.12. The van der Waals surface area contributed by atoms with Gasteiger partial charge in [-0.3, -0.25) is 15.1 Å². The number of nitrogens with one attached hydrogen (secondary N) is 1. The summed E-state index contributed by atoms with van der Waals surface area (Å²) in [4.78, 5) is 31.5. The zero-order valence-corrected chi connectivity index (χ0v) is 27.1. The summed E-state index contributed by atoms with van der Waals surface area (Å²) in [5, 5.41) is 3.13. The van der Waals surface area contributed by atoms with Crippen LogP contribution in [0, 0.1) is 0 Å². The lowest BCUT2D eigenvalue weighted by molar-refractivity contribution is -0.149. The number of amides is 1. The van der Waals surface area contributed by atoms with E-state index in [9.17, 15) is 18.4 Å². The molecule has 0 saturated heterocycles. The second-order valence-corrected chi connectivity index (χ2v) is 11.9. The first-order chi connectivity index (χ1) is 21.0. The quantitative estimate of drug-likeness (QED) is 0.131. The summed E-state index contributed by atoms with van der Waals surface area (Å²) in [6, 6.07) is 11.7. The highest BCUT2D eigenvalue weighted by Gasteiger charge is 2.27. The van der Waals surface area contributed by atoms with Crippen LogP contribution in [0.25, 0.3) is 0 Å². The number of ether oxygens (including phenoxy) is 3. The van der Waals surface area contributed by atoms with E-state index in [-0.39, 0.29) is 33.9 Å². The predicted molar refractivity (Wildman–Crippen MR) is 169 cm³/mol. The number of nitrogens with zero attached hydrogens (tertiary/aromatic N) is 2. The fourth-order valence-corrected chi connectivity index (χ4v) is 5.66. The number of methoxy groups -OCH3 is 1. The van der Waals surface area contributed by atoms with Crippen molar-refractivity contribution in [3.63, 3.8) is 0 Å². The number of hydrogen-bond acceptors (Lipinski definition) is 8. The fraction of sp³-hybridized carbons (Fsp3) is 0.387. The number of aromatic nitrogens is 1. The number of esters is 1. The summed E-state index contributed by atoms with van der Waals surface area (Å²) in [7, 11) is 4.72. The largest absolute Gasteiger partial charge is 0.493 e. The molecule has 44 heavy (non-hydrogen) atoms. The lowest BCUT2D eigenvalue weighted by Crippen LogP contribution is -2.37. The van der Waals surface area contributed by atoms with E-state index in [4.69, 9.17) is 32.7 Å². The van der Waals surface area contributed by atoms with Crippen LogP contribution in [0.3, 0.4) is 0 Å². The van der Waals surface area contributed by atoms with Crippen molar-refractivity contribution in [1.29, 1.82) is 0 Å². The summed E-state index contributed by atoms with van der Waals surface area (Å²) < 4.78 is 41.7. The van der Waals surface area contributed by atoms with E-state index in [1.54, 1.807) is 20.2 Å². The molecule has 8 nitrogen and oxygen atoms in total. The van der Waals surface area contributed by atoms with E-state index in [1.807, 2.05) is 25.1 Å². The Morgan fingerprint density at radius 3 is 2.43 bits per heavy atom. The molecule has 0 spiro atoms. The molecule has 238 valence electrons. The molecule has 1 aromatic heterocycles. The van der Waals surface area contributed by atoms with Crippen molar-refractivity contribution in [2.45, 2.75) is 44.3 Å². The van der Waals surface area contributed by atoms with E-state index < -0.39 is 24.1 Å². The van der Waals surface area contributed by atoms with Gasteiger partial charge in [-0.15, -0.1) is 11.8 Å². The Labute approximate surface area is 270 Å². The van der Waals surface area contributed by atoms with Gasteiger partial charge in [0.15, 0.2) is 16.9 Å². The van der Waals surface area contributed by atoms with E-state index in [0.717, 1.165) is 12.0 Å².